The van der Waals surface area contributed by atoms with Crippen molar-refractivity contribution in [1.29, 1.82) is 0 Å². The molecule has 0 N–H and O–H groups in total. The van der Waals surface area contributed by atoms with Gasteiger partial charge in [0, 0.05) is 32.5 Å². The second-order valence-electron chi connectivity index (χ2n) is 7.90. The smallest absolute Gasteiger partial charge is 0.303 e. The van der Waals surface area contributed by atoms with E-state index in [4.69, 9.17) is 4.74 Å². The zero-order chi connectivity index (χ0) is 22.4. The van der Waals surface area contributed by atoms with Gasteiger partial charge in [-0.15, -0.1) is 0 Å². The van der Waals surface area contributed by atoms with Crippen LogP contribution in [0.2, 0.25) is 0 Å². The Morgan fingerprint density at radius 1 is 1.00 bits per heavy atom. The Labute approximate surface area is 182 Å². The van der Waals surface area contributed by atoms with Gasteiger partial charge in [-0.2, -0.15) is 4.73 Å². The molecule has 3 rings (SSSR count). The normalized spacial score (nSPS) is 12.9. The number of imide groups is 1. The maximum Gasteiger partial charge on any atom is 0.303 e. The molecule has 1 aromatic carbocycles. The van der Waals surface area contributed by atoms with Gasteiger partial charge in [-0.3, -0.25) is 19.3 Å². The van der Waals surface area contributed by atoms with E-state index in [0.717, 1.165) is 48.8 Å². The lowest BCUT2D eigenvalue weighted by Gasteiger charge is -2.13. The van der Waals surface area contributed by atoms with Crippen molar-refractivity contribution in [3.8, 4) is 0 Å². The number of hydrogen-bond donors (Lipinski definition) is 0. The Morgan fingerprint density at radius 2 is 1.61 bits per heavy atom. The monoisotopic (exact) mass is 424 g/mol. The fourth-order valence-corrected chi connectivity index (χ4v) is 3.86. The molecule has 0 unspecified atom stereocenters. The number of rotatable bonds is 10. The molecule has 2 heterocycles. The molecule has 2 amide bonds. The Bertz CT molecular complexity index is 951. The van der Waals surface area contributed by atoms with E-state index >= 15 is 0 Å². The van der Waals surface area contributed by atoms with Crippen LogP contribution in [0.4, 0.5) is 0 Å². The van der Waals surface area contributed by atoms with Crippen molar-refractivity contribution in [2.24, 2.45) is 0 Å². The molecule has 7 heteroatoms. The van der Waals surface area contributed by atoms with Crippen molar-refractivity contribution in [3.05, 3.63) is 69.7 Å². The van der Waals surface area contributed by atoms with Gasteiger partial charge >= 0.3 is 5.97 Å². The molecule has 1 aromatic heterocycles. The summed E-state index contributed by atoms with van der Waals surface area (Å²) in [6, 6.07) is 10.6. The number of hydrogen-bond acceptors (Lipinski definition) is 5. The Balaban J connectivity index is 1.38. The molecule has 0 saturated heterocycles. The van der Waals surface area contributed by atoms with E-state index in [1.165, 1.54) is 11.8 Å². The molecule has 0 saturated carbocycles. The number of carbonyl (C=O) groups is 3. The summed E-state index contributed by atoms with van der Waals surface area (Å²) in [7, 11) is 0. The van der Waals surface area contributed by atoms with Crippen molar-refractivity contribution in [1.82, 2.24) is 4.90 Å². The zero-order valence-corrected chi connectivity index (χ0v) is 18.1. The highest BCUT2D eigenvalue weighted by Gasteiger charge is 2.34. The number of carbonyl (C=O) groups excluding carboxylic acids is 3. The Hall–Kier alpha value is -3.22. The summed E-state index contributed by atoms with van der Waals surface area (Å²) >= 11 is 0. The van der Waals surface area contributed by atoms with E-state index in [0.29, 0.717) is 29.1 Å². The van der Waals surface area contributed by atoms with Crippen molar-refractivity contribution in [3.63, 3.8) is 0 Å². The summed E-state index contributed by atoms with van der Waals surface area (Å²) in [6.45, 7) is 3.49. The minimum absolute atomic E-state index is 0.0225. The van der Waals surface area contributed by atoms with Crippen molar-refractivity contribution >= 4 is 17.8 Å². The van der Waals surface area contributed by atoms with E-state index < -0.39 is 5.97 Å². The highest BCUT2D eigenvalue weighted by atomic mass is 16.5. The lowest BCUT2D eigenvalue weighted by Crippen LogP contribution is -2.36. The van der Waals surface area contributed by atoms with Crippen LogP contribution in [-0.2, 0) is 22.6 Å². The molecule has 0 bridgehead atoms. The highest BCUT2D eigenvalue weighted by molar-refractivity contribution is 6.21. The summed E-state index contributed by atoms with van der Waals surface area (Å²) in [5.74, 6) is -0.801. The Morgan fingerprint density at radius 3 is 2.26 bits per heavy atom. The molecular formula is C24H28N2O5. The average Bonchev–Trinajstić information content (AvgIpc) is 2.99. The van der Waals surface area contributed by atoms with Crippen molar-refractivity contribution < 1.29 is 23.9 Å². The van der Waals surface area contributed by atoms with Crippen LogP contribution in [0.5, 0.6) is 0 Å². The first-order valence-corrected chi connectivity index (χ1v) is 10.7. The summed E-state index contributed by atoms with van der Waals surface area (Å²) in [4.78, 5) is 37.0. The third kappa shape index (κ3) is 5.48. The molecule has 31 heavy (non-hydrogen) atoms. The van der Waals surface area contributed by atoms with Gasteiger partial charge < -0.3 is 9.94 Å². The summed E-state index contributed by atoms with van der Waals surface area (Å²) in [6.07, 6.45) is 5.58. The molecule has 0 aliphatic carbocycles. The number of benzene rings is 1. The highest BCUT2D eigenvalue weighted by Crippen LogP contribution is 2.23. The number of amides is 2. The van der Waals surface area contributed by atoms with Crippen LogP contribution in [0.25, 0.3) is 0 Å². The molecule has 7 nitrogen and oxygen atoms in total. The van der Waals surface area contributed by atoms with Crippen LogP contribution in [0, 0.1) is 12.1 Å². The molecule has 2 aromatic rings. The third-order valence-corrected chi connectivity index (χ3v) is 5.48. The number of unbranched alkanes of at least 4 members (excludes halogenated alkanes) is 4. The van der Waals surface area contributed by atoms with E-state index in [1.54, 1.807) is 37.3 Å². The molecule has 0 spiro atoms. The van der Waals surface area contributed by atoms with Crippen molar-refractivity contribution in [2.75, 3.05) is 6.54 Å². The van der Waals surface area contributed by atoms with E-state index in [2.05, 4.69) is 0 Å². The van der Waals surface area contributed by atoms with Gasteiger partial charge in [-0.1, -0.05) is 31.4 Å². The number of aromatic nitrogens is 1. The van der Waals surface area contributed by atoms with Crippen LogP contribution in [0.15, 0.2) is 36.4 Å². The molecule has 0 fully saturated rings. The third-order valence-electron chi connectivity index (χ3n) is 5.48. The number of pyridine rings is 1. The number of fused-ring (bicyclic) bond motifs is 1. The van der Waals surface area contributed by atoms with Crippen LogP contribution in [0.3, 0.4) is 0 Å². The van der Waals surface area contributed by atoms with Crippen LogP contribution in [0.1, 0.15) is 76.7 Å². The molecule has 1 aliphatic rings. The maximum absolute atomic E-state index is 12.3. The van der Waals surface area contributed by atoms with E-state index in [1.807, 2.05) is 6.07 Å². The molecule has 0 atom stereocenters. The minimum Gasteiger partial charge on any atom is -0.618 e. The van der Waals surface area contributed by atoms with Gasteiger partial charge in [0.05, 0.1) is 11.1 Å². The second-order valence-corrected chi connectivity index (χ2v) is 7.90. The SMILES string of the molecule is CC(=O)OCc1cc(CCCCCCCN2C(=O)c3ccccc3C2=O)cc(C)[n+]1[O-]. The number of esters is 1. The van der Waals surface area contributed by atoms with Gasteiger partial charge in [-0.25, -0.2) is 0 Å². The van der Waals surface area contributed by atoms with Gasteiger partial charge in [0.1, 0.15) is 0 Å². The first-order valence-electron chi connectivity index (χ1n) is 10.7. The average molecular weight is 424 g/mol. The van der Waals surface area contributed by atoms with E-state index in [9.17, 15) is 19.6 Å². The topological polar surface area (TPSA) is 90.6 Å². The number of aryl methyl sites for hydroxylation is 2. The molecule has 0 radical (unpaired) electrons. The molecule has 1 aliphatic heterocycles. The lowest BCUT2D eigenvalue weighted by atomic mass is 10.0. The van der Waals surface area contributed by atoms with E-state index in [-0.39, 0.29) is 18.4 Å². The van der Waals surface area contributed by atoms with Gasteiger partial charge in [-0.05, 0) is 37.0 Å². The second kappa shape index (κ2) is 10.2. The molecular weight excluding hydrogens is 396 g/mol. The maximum atomic E-state index is 12.3. The first kappa shape index (κ1) is 22.5. The van der Waals surface area contributed by atoms with Gasteiger partial charge in [0.25, 0.3) is 11.8 Å². The predicted molar refractivity (Wildman–Crippen MR) is 114 cm³/mol. The Kier molecular flexibility index (Phi) is 7.39. The molecule has 164 valence electrons. The van der Waals surface area contributed by atoms with Gasteiger partial charge in [0.15, 0.2) is 12.3 Å². The predicted octanol–water partition coefficient (Wildman–Crippen LogP) is 3.48. The van der Waals surface area contributed by atoms with Crippen LogP contribution >= 0.6 is 0 Å². The fourth-order valence-electron chi connectivity index (χ4n) is 3.86. The number of ether oxygens (including phenoxy) is 1. The quantitative estimate of drug-likeness (QED) is 0.191. The summed E-state index contributed by atoms with van der Waals surface area (Å²) in [5, 5.41) is 12.1. The fraction of sp³-hybridized carbons (Fsp3) is 0.417. The standard InChI is InChI=1S/C24H28N2O5/c1-17-14-19(15-20(26(17)30)16-31-18(2)27)10-6-4-3-5-9-13-25-23(28)21-11-7-8-12-22(21)24(25)29/h7-8,11-12,14-15H,3-6,9-10,13,16H2,1-2H3. The summed E-state index contributed by atoms with van der Waals surface area (Å²) < 4.78 is 5.75. The first-order chi connectivity index (χ1) is 14.9. The zero-order valence-electron chi connectivity index (χ0n) is 18.1. The lowest BCUT2D eigenvalue weighted by molar-refractivity contribution is -0.623. The van der Waals surface area contributed by atoms with Gasteiger partial charge in [0.2, 0.25) is 5.69 Å². The van der Waals surface area contributed by atoms with Crippen LogP contribution < -0.4 is 4.73 Å². The van der Waals surface area contributed by atoms with Crippen molar-refractivity contribution in [2.45, 2.75) is 59.0 Å². The number of nitrogens with zero attached hydrogens (tertiary/aromatic N) is 2. The van der Waals surface area contributed by atoms with Crippen LogP contribution in [-0.4, -0.2) is 29.2 Å². The summed E-state index contributed by atoms with van der Waals surface area (Å²) in [5.41, 5.74) is 3.07. The minimum atomic E-state index is -0.413. The largest absolute Gasteiger partial charge is 0.618 e.